The zero-order valence-electron chi connectivity index (χ0n) is 19.0. The minimum absolute atomic E-state index is 0.146. The number of carbonyl (C=O) groups is 1. The Morgan fingerprint density at radius 2 is 1.78 bits per heavy atom. The molecule has 1 aliphatic heterocycles. The molecule has 0 aliphatic carbocycles. The first-order valence-corrected chi connectivity index (χ1v) is 11.4. The Bertz CT molecular complexity index is 1150. The van der Waals surface area contributed by atoms with Crippen molar-refractivity contribution in [2.75, 3.05) is 32.8 Å². The lowest BCUT2D eigenvalue weighted by molar-refractivity contribution is 0.0720. The van der Waals surface area contributed by atoms with Gasteiger partial charge >= 0.3 is 0 Å². The van der Waals surface area contributed by atoms with Gasteiger partial charge in [0.15, 0.2) is 5.43 Å². The quantitative estimate of drug-likeness (QED) is 0.497. The minimum atomic E-state index is -0.442. The Balaban J connectivity index is 1.77. The van der Waals surface area contributed by atoms with E-state index in [2.05, 4.69) is 18.7 Å². The van der Waals surface area contributed by atoms with Crippen LogP contribution in [0.15, 0.2) is 57.7 Å². The first-order chi connectivity index (χ1) is 15.6. The summed E-state index contributed by atoms with van der Waals surface area (Å²) in [6.07, 6.45) is 0.826. The molecule has 6 heteroatoms. The highest BCUT2D eigenvalue weighted by Gasteiger charge is 2.42. The minimum Gasteiger partial charge on any atom is -0.494 e. The van der Waals surface area contributed by atoms with Crippen LogP contribution in [0, 0.1) is 0 Å². The monoisotopic (exact) mass is 434 g/mol. The van der Waals surface area contributed by atoms with Crippen LogP contribution >= 0.6 is 0 Å². The van der Waals surface area contributed by atoms with Crippen molar-refractivity contribution in [3.05, 3.63) is 75.6 Å². The molecular formula is C26H30N2O4. The molecule has 0 N–H and O–H groups in total. The smallest absolute Gasteiger partial charge is 0.290 e. The molecule has 0 radical (unpaired) electrons. The fourth-order valence-corrected chi connectivity index (χ4v) is 4.47. The molecule has 1 amide bonds. The van der Waals surface area contributed by atoms with Crippen molar-refractivity contribution in [2.24, 2.45) is 0 Å². The van der Waals surface area contributed by atoms with E-state index in [-0.39, 0.29) is 17.1 Å². The Kier molecular flexibility index (Phi) is 6.61. The molecule has 0 saturated carbocycles. The molecule has 168 valence electrons. The zero-order chi connectivity index (χ0) is 22.7. The van der Waals surface area contributed by atoms with E-state index in [0.717, 1.165) is 31.6 Å². The standard InChI is InChI=1S/C26H30N2O4/c1-4-27(5-2)15-10-16-28-23(18-11-8-7-9-12-18)22-24(29)20-14-13-19(31-6-3)17-21(20)32-25(22)26(28)30/h7-9,11-14,17,23H,4-6,10,15-16H2,1-3H3. The highest BCUT2D eigenvalue weighted by molar-refractivity contribution is 5.99. The number of rotatable bonds is 9. The van der Waals surface area contributed by atoms with Gasteiger partial charge in [-0.3, -0.25) is 9.59 Å². The fourth-order valence-electron chi connectivity index (χ4n) is 4.47. The molecule has 0 spiro atoms. The van der Waals surface area contributed by atoms with Crippen LogP contribution in [0.1, 0.15) is 54.9 Å². The molecule has 0 saturated heterocycles. The molecule has 1 atom stereocenters. The molecule has 0 bridgehead atoms. The maximum atomic E-state index is 13.6. The second-order valence-electron chi connectivity index (χ2n) is 7.96. The number of hydrogen-bond donors (Lipinski definition) is 0. The predicted octanol–water partition coefficient (Wildman–Crippen LogP) is 4.47. The highest BCUT2D eigenvalue weighted by atomic mass is 16.5. The highest BCUT2D eigenvalue weighted by Crippen LogP contribution is 2.38. The summed E-state index contributed by atoms with van der Waals surface area (Å²) in [5.41, 5.74) is 1.57. The molecule has 1 aliphatic rings. The average molecular weight is 435 g/mol. The van der Waals surface area contributed by atoms with Gasteiger partial charge in [-0.15, -0.1) is 0 Å². The first-order valence-electron chi connectivity index (χ1n) is 11.4. The van der Waals surface area contributed by atoms with Gasteiger partial charge in [-0.25, -0.2) is 0 Å². The summed E-state index contributed by atoms with van der Waals surface area (Å²) in [4.78, 5) is 31.1. The van der Waals surface area contributed by atoms with E-state index in [9.17, 15) is 9.59 Å². The number of fused-ring (bicyclic) bond motifs is 2. The number of ether oxygens (including phenoxy) is 1. The van der Waals surface area contributed by atoms with Crippen molar-refractivity contribution in [1.29, 1.82) is 0 Å². The molecule has 4 rings (SSSR count). The van der Waals surface area contributed by atoms with Crippen molar-refractivity contribution in [3.63, 3.8) is 0 Å². The van der Waals surface area contributed by atoms with E-state index in [4.69, 9.17) is 9.15 Å². The molecule has 1 unspecified atom stereocenters. The van der Waals surface area contributed by atoms with Gasteiger partial charge in [0.1, 0.15) is 11.3 Å². The maximum Gasteiger partial charge on any atom is 0.290 e. The number of carbonyl (C=O) groups excluding carboxylic acids is 1. The van der Waals surface area contributed by atoms with Crippen molar-refractivity contribution >= 4 is 16.9 Å². The lowest BCUT2D eigenvalue weighted by atomic mass is 9.98. The van der Waals surface area contributed by atoms with Gasteiger partial charge in [0.05, 0.1) is 23.6 Å². The van der Waals surface area contributed by atoms with Crippen LogP contribution in [0.25, 0.3) is 11.0 Å². The summed E-state index contributed by atoms with van der Waals surface area (Å²) in [5.74, 6) is 0.534. The van der Waals surface area contributed by atoms with Crippen LogP contribution in [-0.2, 0) is 0 Å². The van der Waals surface area contributed by atoms with Crippen molar-refractivity contribution in [3.8, 4) is 5.75 Å². The Morgan fingerprint density at radius 3 is 2.47 bits per heavy atom. The zero-order valence-corrected chi connectivity index (χ0v) is 19.0. The van der Waals surface area contributed by atoms with Gasteiger partial charge in [0.2, 0.25) is 5.76 Å². The molecule has 32 heavy (non-hydrogen) atoms. The lowest BCUT2D eigenvalue weighted by Gasteiger charge is -2.26. The van der Waals surface area contributed by atoms with Crippen LogP contribution in [0.3, 0.4) is 0 Å². The first kappa shape index (κ1) is 22.1. The topological polar surface area (TPSA) is 63.0 Å². The molecule has 6 nitrogen and oxygen atoms in total. The molecule has 2 heterocycles. The van der Waals surface area contributed by atoms with Gasteiger partial charge in [-0.2, -0.15) is 0 Å². The van der Waals surface area contributed by atoms with Crippen LogP contribution in [0.2, 0.25) is 0 Å². The molecule has 1 aromatic heterocycles. The lowest BCUT2D eigenvalue weighted by Crippen LogP contribution is -2.33. The second kappa shape index (κ2) is 9.57. The molecule has 2 aromatic carbocycles. The Morgan fingerprint density at radius 1 is 1.03 bits per heavy atom. The van der Waals surface area contributed by atoms with E-state index in [1.54, 1.807) is 23.1 Å². The van der Waals surface area contributed by atoms with E-state index in [0.29, 0.717) is 35.4 Å². The third-order valence-electron chi connectivity index (χ3n) is 6.13. The summed E-state index contributed by atoms with van der Waals surface area (Å²) in [6, 6.07) is 14.5. The van der Waals surface area contributed by atoms with E-state index in [1.807, 2.05) is 37.3 Å². The third-order valence-corrected chi connectivity index (χ3v) is 6.13. The van der Waals surface area contributed by atoms with Gasteiger partial charge in [0.25, 0.3) is 5.91 Å². The number of benzene rings is 2. The van der Waals surface area contributed by atoms with Crippen LogP contribution < -0.4 is 10.2 Å². The molecule has 0 fully saturated rings. The Labute approximate surface area is 188 Å². The van der Waals surface area contributed by atoms with Crippen molar-refractivity contribution in [1.82, 2.24) is 9.80 Å². The number of amides is 1. The van der Waals surface area contributed by atoms with Crippen LogP contribution in [0.5, 0.6) is 5.75 Å². The van der Waals surface area contributed by atoms with Gasteiger partial charge in [-0.05, 0) is 50.7 Å². The summed E-state index contributed by atoms with van der Waals surface area (Å²) < 4.78 is 11.6. The molecular weight excluding hydrogens is 404 g/mol. The van der Waals surface area contributed by atoms with Crippen LogP contribution in [-0.4, -0.2) is 48.5 Å². The third kappa shape index (κ3) is 4.02. The summed E-state index contributed by atoms with van der Waals surface area (Å²) in [5, 5.41) is 0.464. The number of nitrogens with zero attached hydrogens (tertiary/aromatic N) is 2. The van der Waals surface area contributed by atoms with Crippen LogP contribution in [0.4, 0.5) is 0 Å². The normalized spacial score (nSPS) is 15.6. The van der Waals surface area contributed by atoms with Gasteiger partial charge in [0, 0.05) is 12.6 Å². The summed E-state index contributed by atoms with van der Waals surface area (Å²) in [6.45, 7) is 10.1. The second-order valence-corrected chi connectivity index (χ2v) is 7.96. The molecule has 3 aromatic rings. The van der Waals surface area contributed by atoms with E-state index in [1.165, 1.54) is 0 Å². The summed E-state index contributed by atoms with van der Waals surface area (Å²) >= 11 is 0. The van der Waals surface area contributed by atoms with Crippen molar-refractivity contribution < 1.29 is 13.9 Å². The number of hydrogen-bond acceptors (Lipinski definition) is 5. The predicted molar refractivity (Wildman–Crippen MR) is 125 cm³/mol. The van der Waals surface area contributed by atoms with E-state index < -0.39 is 6.04 Å². The van der Waals surface area contributed by atoms with E-state index >= 15 is 0 Å². The SMILES string of the molecule is CCOc1ccc2c(=O)c3c(oc2c1)C(=O)N(CCCN(CC)CC)C3c1ccccc1. The van der Waals surface area contributed by atoms with Crippen molar-refractivity contribution in [2.45, 2.75) is 33.2 Å². The van der Waals surface area contributed by atoms with Gasteiger partial charge in [-0.1, -0.05) is 44.2 Å². The average Bonchev–Trinajstić information content (AvgIpc) is 3.09. The summed E-state index contributed by atoms with van der Waals surface area (Å²) in [7, 11) is 0. The fraction of sp³-hybridized carbons (Fsp3) is 0.385. The maximum absolute atomic E-state index is 13.6. The Hall–Kier alpha value is -3.12. The largest absolute Gasteiger partial charge is 0.494 e. The van der Waals surface area contributed by atoms with Gasteiger partial charge < -0.3 is 19.0 Å².